The summed E-state index contributed by atoms with van der Waals surface area (Å²) in [6.45, 7) is 6.88. The van der Waals surface area contributed by atoms with Crippen LogP contribution in [0.15, 0.2) is 72.8 Å². The summed E-state index contributed by atoms with van der Waals surface area (Å²) in [4.78, 5) is 0. The van der Waals surface area contributed by atoms with Crippen molar-refractivity contribution in [1.82, 2.24) is 0 Å². The summed E-state index contributed by atoms with van der Waals surface area (Å²) in [7, 11) is 1.32. The highest BCUT2D eigenvalue weighted by molar-refractivity contribution is 7.34. The minimum absolute atomic E-state index is 0.176. The van der Waals surface area contributed by atoms with E-state index >= 15 is 0 Å². The zero-order valence-electron chi connectivity index (χ0n) is 13.4. The van der Waals surface area contributed by atoms with Crippen molar-refractivity contribution >= 4 is 8.19 Å². The van der Waals surface area contributed by atoms with Crippen molar-refractivity contribution in [3.8, 4) is 22.0 Å². The van der Waals surface area contributed by atoms with Gasteiger partial charge in [-0.3, -0.25) is 0 Å². The summed E-state index contributed by atoms with van der Waals surface area (Å²) >= 11 is 0. The van der Waals surface area contributed by atoms with Crippen LogP contribution >= 0.6 is 8.19 Å². The molecule has 0 fully saturated rings. The van der Waals surface area contributed by atoms with Crippen molar-refractivity contribution in [2.24, 2.45) is 0 Å². The summed E-state index contributed by atoms with van der Waals surface area (Å²) < 4.78 is 0. The number of hydrogen-bond donors (Lipinski definition) is 0. The van der Waals surface area contributed by atoms with Gasteiger partial charge in [-0.1, -0.05) is 89.6 Å². The average Bonchev–Trinajstić information content (AvgIpc) is 2.55. The van der Waals surface area contributed by atoms with E-state index in [1.165, 1.54) is 35.5 Å². The Balaban J connectivity index is 2.19. The van der Waals surface area contributed by atoms with Crippen LogP contribution in [0.4, 0.5) is 0 Å². The molecule has 0 amide bonds. The highest BCUT2D eigenvalue weighted by atomic mass is 31.0. The van der Waals surface area contributed by atoms with E-state index in [1.807, 2.05) is 0 Å². The van der Waals surface area contributed by atoms with Crippen molar-refractivity contribution in [3.05, 3.63) is 78.1 Å². The minimum Gasteiger partial charge on any atom is -0.0637 e. The van der Waals surface area contributed by atoms with Gasteiger partial charge in [0.2, 0.25) is 0 Å². The van der Waals surface area contributed by atoms with E-state index in [4.69, 9.17) is 0 Å². The summed E-state index contributed by atoms with van der Waals surface area (Å²) in [5.74, 6) is 0. The van der Waals surface area contributed by atoms with Crippen LogP contribution in [0.5, 0.6) is 0 Å². The maximum absolute atomic E-state index is 2.36. The summed E-state index contributed by atoms with van der Waals surface area (Å²) in [5, 5.41) is 2.85. The molecule has 1 heterocycles. The van der Waals surface area contributed by atoms with E-state index in [-0.39, 0.29) is 5.41 Å². The van der Waals surface area contributed by atoms with Gasteiger partial charge in [0, 0.05) is 5.30 Å². The molecule has 110 valence electrons. The molecule has 1 aromatic heterocycles. The molecule has 0 unspecified atom stereocenters. The molecule has 0 spiro atoms. The average molecular weight is 304 g/mol. The van der Waals surface area contributed by atoms with E-state index in [2.05, 4.69) is 93.6 Å². The standard InChI is InChI=1S/C21H21P/c1-21(2,3)20-15-18(16-10-6-4-7-11-16)14-19(22-20)17-12-8-5-9-13-17/h4-15H,1-3H3. The van der Waals surface area contributed by atoms with E-state index < -0.39 is 0 Å². The topological polar surface area (TPSA) is 0 Å². The van der Waals surface area contributed by atoms with Gasteiger partial charge < -0.3 is 0 Å². The van der Waals surface area contributed by atoms with Crippen molar-refractivity contribution in [1.29, 1.82) is 0 Å². The second-order valence-electron chi connectivity index (χ2n) is 6.61. The molecule has 0 aliphatic heterocycles. The van der Waals surface area contributed by atoms with Crippen molar-refractivity contribution in [3.63, 3.8) is 0 Å². The first-order chi connectivity index (χ1) is 10.5. The first-order valence-electron chi connectivity index (χ1n) is 7.67. The molecule has 0 aliphatic rings. The van der Waals surface area contributed by atoms with Gasteiger partial charge in [0.25, 0.3) is 0 Å². The monoisotopic (exact) mass is 304 g/mol. The van der Waals surface area contributed by atoms with Crippen LogP contribution in [0.1, 0.15) is 26.1 Å². The molecule has 0 bridgehead atoms. The predicted molar refractivity (Wildman–Crippen MR) is 98.5 cm³/mol. The first kappa shape index (κ1) is 15.0. The Bertz CT molecular complexity index is 695. The molecule has 0 saturated heterocycles. The molecule has 3 rings (SSSR count). The molecule has 0 saturated carbocycles. The molecule has 1 heteroatoms. The Labute approximate surface area is 135 Å². The van der Waals surface area contributed by atoms with Crippen molar-refractivity contribution in [2.75, 3.05) is 0 Å². The van der Waals surface area contributed by atoms with E-state index in [0.29, 0.717) is 0 Å². The van der Waals surface area contributed by atoms with Crippen molar-refractivity contribution < 1.29 is 0 Å². The maximum Gasteiger partial charge on any atom is 0.00992 e. The van der Waals surface area contributed by atoms with Crippen LogP contribution in [-0.2, 0) is 5.41 Å². The molecular formula is C21H21P. The van der Waals surface area contributed by atoms with Gasteiger partial charge in [-0.25, -0.2) is 0 Å². The van der Waals surface area contributed by atoms with Gasteiger partial charge in [0.05, 0.1) is 0 Å². The quantitative estimate of drug-likeness (QED) is 0.483. The lowest BCUT2D eigenvalue weighted by atomic mass is 9.93. The molecule has 22 heavy (non-hydrogen) atoms. The Hall–Kier alpha value is -1.91. The molecule has 0 nitrogen and oxygen atoms in total. The van der Waals surface area contributed by atoms with Crippen molar-refractivity contribution in [2.45, 2.75) is 26.2 Å². The summed E-state index contributed by atoms with van der Waals surface area (Å²) in [5.41, 5.74) is 4.08. The highest BCUT2D eigenvalue weighted by Crippen LogP contribution is 2.40. The lowest BCUT2D eigenvalue weighted by Gasteiger charge is -2.21. The van der Waals surface area contributed by atoms with Crippen LogP contribution in [0.25, 0.3) is 22.0 Å². The van der Waals surface area contributed by atoms with Crippen LogP contribution in [0.2, 0.25) is 0 Å². The third kappa shape index (κ3) is 3.29. The van der Waals surface area contributed by atoms with Gasteiger partial charge in [-0.2, -0.15) is 0 Å². The van der Waals surface area contributed by atoms with Gasteiger partial charge in [0.1, 0.15) is 0 Å². The van der Waals surface area contributed by atoms with Crippen LogP contribution in [0, 0.1) is 0 Å². The largest absolute Gasteiger partial charge is 0.0637 e. The zero-order valence-corrected chi connectivity index (χ0v) is 14.3. The van der Waals surface area contributed by atoms with Gasteiger partial charge in [0.15, 0.2) is 0 Å². The van der Waals surface area contributed by atoms with Crippen LogP contribution in [0.3, 0.4) is 0 Å². The normalized spacial score (nSPS) is 11.8. The second kappa shape index (κ2) is 6.07. The van der Waals surface area contributed by atoms with E-state index in [9.17, 15) is 0 Å². The minimum atomic E-state index is 0.176. The fourth-order valence-corrected chi connectivity index (χ4v) is 3.75. The van der Waals surface area contributed by atoms with Gasteiger partial charge in [-0.15, -0.1) is 0 Å². The molecule has 0 atom stereocenters. The van der Waals surface area contributed by atoms with Gasteiger partial charge >= 0.3 is 0 Å². The summed E-state index contributed by atoms with van der Waals surface area (Å²) in [6, 6.07) is 26.1. The Morgan fingerprint density at radius 1 is 0.636 bits per heavy atom. The van der Waals surface area contributed by atoms with E-state index in [1.54, 1.807) is 0 Å². The summed E-state index contributed by atoms with van der Waals surface area (Å²) in [6.07, 6.45) is 0. The van der Waals surface area contributed by atoms with Crippen LogP contribution in [-0.4, -0.2) is 0 Å². The Morgan fingerprint density at radius 3 is 1.73 bits per heavy atom. The predicted octanol–water partition coefficient (Wildman–Crippen LogP) is 6.90. The SMILES string of the molecule is CC(C)(C)c1cc(-c2ccccc2)cc(-c2ccccc2)p1. The van der Waals surface area contributed by atoms with Gasteiger partial charge in [-0.05, 0) is 39.5 Å². The Kier molecular flexibility index (Phi) is 4.14. The smallest absolute Gasteiger partial charge is 0.00992 e. The molecule has 0 aliphatic carbocycles. The third-order valence-electron chi connectivity index (χ3n) is 3.77. The Morgan fingerprint density at radius 2 is 1.18 bits per heavy atom. The molecule has 2 aromatic carbocycles. The number of hydrogen-bond acceptors (Lipinski definition) is 0. The fourth-order valence-electron chi connectivity index (χ4n) is 2.47. The number of benzene rings is 2. The molecular weight excluding hydrogens is 283 g/mol. The lowest BCUT2D eigenvalue weighted by Crippen LogP contribution is -2.09. The molecule has 3 aromatic rings. The van der Waals surface area contributed by atoms with Crippen LogP contribution < -0.4 is 0 Å². The third-order valence-corrected chi connectivity index (χ3v) is 5.44. The first-order valence-corrected chi connectivity index (χ1v) is 8.57. The zero-order chi connectivity index (χ0) is 15.6. The fraction of sp³-hybridized carbons (Fsp3) is 0.190. The molecule has 0 N–H and O–H groups in total. The lowest BCUT2D eigenvalue weighted by molar-refractivity contribution is 0.604. The maximum atomic E-state index is 2.36. The highest BCUT2D eigenvalue weighted by Gasteiger charge is 2.17. The van der Waals surface area contributed by atoms with E-state index in [0.717, 1.165) is 0 Å². The molecule has 0 radical (unpaired) electrons. The number of rotatable bonds is 2. The second-order valence-corrected chi connectivity index (χ2v) is 7.80.